The number of rotatable bonds is 3. The van der Waals surface area contributed by atoms with Gasteiger partial charge in [-0.15, -0.1) is 0 Å². The molecule has 1 amide bonds. The molecule has 0 aromatic carbocycles. The van der Waals surface area contributed by atoms with E-state index in [0.717, 1.165) is 38.6 Å². The van der Waals surface area contributed by atoms with Crippen LogP contribution in [-0.2, 0) is 4.79 Å². The second-order valence-corrected chi connectivity index (χ2v) is 7.19. The Labute approximate surface area is 138 Å². The number of likely N-dealkylation sites (N-methyl/N-ethyl adjacent to an activating group) is 1. The van der Waals surface area contributed by atoms with Gasteiger partial charge in [-0.25, -0.2) is 9.37 Å². The minimum absolute atomic E-state index is 0.145. The number of hydrogen-bond acceptors (Lipinski definition) is 3. The van der Waals surface area contributed by atoms with E-state index in [2.05, 4.69) is 20.9 Å². The topological polar surface area (TPSA) is 36.4 Å². The van der Waals surface area contributed by atoms with Gasteiger partial charge in [-0.2, -0.15) is 0 Å². The zero-order valence-corrected chi connectivity index (χ0v) is 14.4. The number of hydrogen-bond donors (Lipinski definition) is 0. The number of piperidine rings is 1. The Hall–Kier alpha value is -1.17. The lowest BCUT2D eigenvalue weighted by atomic mass is 9.84. The quantitative estimate of drug-likeness (QED) is 0.820. The monoisotopic (exact) mass is 369 g/mol. The van der Waals surface area contributed by atoms with Crippen LogP contribution in [0, 0.1) is 11.7 Å². The summed E-state index contributed by atoms with van der Waals surface area (Å²) in [5.41, 5.74) is 0. The van der Waals surface area contributed by atoms with Gasteiger partial charge in [-0.1, -0.05) is 6.42 Å². The summed E-state index contributed by atoms with van der Waals surface area (Å²) in [5.74, 6) is 0.533. The molecule has 1 aromatic rings. The predicted molar refractivity (Wildman–Crippen MR) is 87.2 cm³/mol. The van der Waals surface area contributed by atoms with Crippen LogP contribution in [0.1, 0.15) is 32.1 Å². The standard InChI is InChI=1S/C16H21BrFN3O/c1-20(16(22)11-4-2-5-11)13-6-3-7-21(10-13)15-14(18)8-12(17)9-19-15/h8-9,11,13H,2-7,10H2,1H3. The molecule has 22 heavy (non-hydrogen) atoms. The predicted octanol–water partition coefficient (Wildman–Crippen LogP) is 3.21. The molecule has 2 aliphatic rings. The van der Waals surface area contributed by atoms with Crippen LogP contribution in [0.2, 0.25) is 0 Å². The Balaban J connectivity index is 1.69. The molecular formula is C16H21BrFN3O. The average Bonchev–Trinajstić information content (AvgIpc) is 2.44. The highest BCUT2D eigenvalue weighted by Crippen LogP contribution is 2.30. The normalized spacial score (nSPS) is 22.3. The van der Waals surface area contributed by atoms with Crippen LogP contribution in [0.5, 0.6) is 0 Å². The Bertz CT molecular complexity index is 564. The van der Waals surface area contributed by atoms with Crippen LogP contribution < -0.4 is 4.90 Å². The fourth-order valence-electron chi connectivity index (χ4n) is 3.23. The summed E-state index contributed by atoms with van der Waals surface area (Å²) in [6.07, 6.45) is 6.74. The van der Waals surface area contributed by atoms with Crippen molar-refractivity contribution < 1.29 is 9.18 Å². The molecule has 6 heteroatoms. The molecule has 1 atom stereocenters. The highest BCUT2D eigenvalue weighted by molar-refractivity contribution is 9.10. The Morgan fingerprint density at radius 1 is 1.41 bits per heavy atom. The van der Waals surface area contributed by atoms with E-state index in [1.54, 1.807) is 6.20 Å². The maximum Gasteiger partial charge on any atom is 0.225 e. The first-order valence-corrected chi connectivity index (χ1v) is 8.68. The van der Waals surface area contributed by atoms with E-state index in [4.69, 9.17) is 0 Å². The molecule has 0 bridgehead atoms. The SMILES string of the molecule is CN(C(=O)C1CCC1)C1CCCN(c2ncc(Br)cc2F)C1. The largest absolute Gasteiger partial charge is 0.352 e. The van der Waals surface area contributed by atoms with Crippen LogP contribution in [-0.4, -0.2) is 42.0 Å². The zero-order valence-electron chi connectivity index (χ0n) is 12.8. The van der Waals surface area contributed by atoms with Crippen molar-refractivity contribution in [1.29, 1.82) is 0 Å². The minimum Gasteiger partial charge on any atom is -0.352 e. The number of nitrogens with zero attached hydrogens (tertiary/aromatic N) is 3. The Morgan fingerprint density at radius 3 is 2.82 bits per heavy atom. The van der Waals surface area contributed by atoms with E-state index in [1.165, 1.54) is 6.07 Å². The van der Waals surface area contributed by atoms with Crippen molar-refractivity contribution in [2.45, 2.75) is 38.1 Å². The van der Waals surface area contributed by atoms with Crippen LogP contribution in [0.25, 0.3) is 0 Å². The fourth-order valence-corrected chi connectivity index (χ4v) is 3.53. The molecule has 1 saturated heterocycles. The van der Waals surface area contributed by atoms with Crippen molar-refractivity contribution in [2.24, 2.45) is 5.92 Å². The van der Waals surface area contributed by atoms with Crippen molar-refractivity contribution in [3.63, 3.8) is 0 Å². The molecular weight excluding hydrogens is 349 g/mol. The zero-order chi connectivity index (χ0) is 15.7. The smallest absolute Gasteiger partial charge is 0.225 e. The molecule has 120 valence electrons. The van der Waals surface area contributed by atoms with Gasteiger partial charge in [-0.05, 0) is 47.7 Å². The summed E-state index contributed by atoms with van der Waals surface area (Å²) in [5, 5.41) is 0. The lowest BCUT2D eigenvalue weighted by molar-refractivity contribution is -0.139. The van der Waals surface area contributed by atoms with Crippen LogP contribution >= 0.6 is 15.9 Å². The number of halogens is 2. The van der Waals surface area contributed by atoms with Gasteiger partial charge in [0.1, 0.15) is 0 Å². The molecule has 4 nitrogen and oxygen atoms in total. The second kappa shape index (κ2) is 6.52. The molecule has 3 rings (SSSR count). The van der Waals surface area contributed by atoms with Crippen molar-refractivity contribution in [2.75, 3.05) is 25.0 Å². The maximum absolute atomic E-state index is 14.1. The van der Waals surface area contributed by atoms with E-state index in [9.17, 15) is 9.18 Å². The lowest BCUT2D eigenvalue weighted by Crippen LogP contribution is -2.51. The molecule has 2 fully saturated rings. The molecule has 0 N–H and O–H groups in total. The summed E-state index contributed by atoms with van der Waals surface area (Å²) in [4.78, 5) is 20.4. The number of carbonyl (C=O) groups is 1. The van der Waals surface area contributed by atoms with Crippen molar-refractivity contribution in [1.82, 2.24) is 9.88 Å². The molecule has 0 spiro atoms. The van der Waals surface area contributed by atoms with Gasteiger partial charge in [0, 0.05) is 42.8 Å². The number of carbonyl (C=O) groups excluding carboxylic acids is 1. The van der Waals surface area contributed by atoms with E-state index >= 15 is 0 Å². The third kappa shape index (κ3) is 3.12. The molecule has 1 aliphatic heterocycles. The van der Waals surface area contributed by atoms with E-state index in [-0.39, 0.29) is 23.7 Å². The number of pyridine rings is 1. The van der Waals surface area contributed by atoms with Crippen molar-refractivity contribution >= 4 is 27.7 Å². The van der Waals surface area contributed by atoms with E-state index < -0.39 is 0 Å². The molecule has 1 aliphatic carbocycles. The van der Waals surface area contributed by atoms with Gasteiger partial charge in [0.05, 0.1) is 0 Å². The highest BCUT2D eigenvalue weighted by atomic mass is 79.9. The summed E-state index contributed by atoms with van der Waals surface area (Å²) in [6, 6.07) is 1.58. The first-order chi connectivity index (χ1) is 10.6. The minimum atomic E-state index is -0.317. The van der Waals surface area contributed by atoms with E-state index in [0.29, 0.717) is 16.8 Å². The number of anilines is 1. The summed E-state index contributed by atoms with van der Waals surface area (Å²) < 4.78 is 14.7. The van der Waals surface area contributed by atoms with Crippen molar-refractivity contribution in [3.8, 4) is 0 Å². The third-order valence-electron chi connectivity index (χ3n) is 4.83. The summed E-state index contributed by atoms with van der Waals surface area (Å²) in [7, 11) is 1.89. The molecule has 1 unspecified atom stereocenters. The molecule has 1 saturated carbocycles. The van der Waals surface area contributed by atoms with Gasteiger partial charge < -0.3 is 9.80 Å². The third-order valence-corrected chi connectivity index (χ3v) is 5.27. The average molecular weight is 370 g/mol. The second-order valence-electron chi connectivity index (χ2n) is 6.28. The fraction of sp³-hybridized carbons (Fsp3) is 0.625. The maximum atomic E-state index is 14.1. The van der Waals surface area contributed by atoms with Crippen LogP contribution in [0.15, 0.2) is 16.7 Å². The van der Waals surface area contributed by atoms with Crippen molar-refractivity contribution in [3.05, 3.63) is 22.6 Å². The molecule has 2 heterocycles. The number of amides is 1. The summed E-state index contributed by atoms with van der Waals surface area (Å²) >= 11 is 3.23. The van der Waals surface area contributed by atoms with Gasteiger partial charge >= 0.3 is 0 Å². The summed E-state index contributed by atoms with van der Waals surface area (Å²) in [6.45, 7) is 1.44. The van der Waals surface area contributed by atoms with E-state index in [1.807, 2.05) is 16.8 Å². The van der Waals surface area contributed by atoms with Crippen LogP contribution in [0.3, 0.4) is 0 Å². The molecule has 1 aromatic heterocycles. The first kappa shape index (κ1) is 15.7. The first-order valence-electron chi connectivity index (χ1n) is 7.89. The Kier molecular flexibility index (Phi) is 4.66. The van der Waals surface area contributed by atoms with Gasteiger partial charge in [0.25, 0.3) is 0 Å². The van der Waals surface area contributed by atoms with Gasteiger partial charge in [-0.3, -0.25) is 4.79 Å². The lowest BCUT2D eigenvalue weighted by Gasteiger charge is -2.40. The molecule has 0 radical (unpaired) electrons. The van der Waals surface area contributed by atoms with Gasteiger partial charge in [0.15, 0.2) is 11.6 Å². The van der Waals surface area contributed by atoms with Crippen LogP contribution in [0.4, 0.5) is 10.2 Å². The van der Waals surface area contributed by atoms with Gasteiger partial charge in [0.2, 0.25) is 5.91 Å². The Morgan fingerprint density at radius 2 is 2.18 bits per heavy atom. The highest BCUT2D eigenvalue weighted by Gasteiger charge is 2.33. The number of aromatic nitrogens is 1.